The van der Waals surface area contributed by atoms with Gasteiger partial charge in [-0.3, -0.25) is 4.90 Å². The Bertz CT molecular complexity index is 619. The van der Waals surface area contributed by atoms with Crippen molar-refractivity contribution in [3.63, 3.8) is 0 Å². The van der Waals surface area contributed by atoms with E-state index in [9.17, 15) is 0 Å². The number of aromatic nitrogens is 2. The van der Waals surface area contributed by atoms with Crippen molar-refractivity contribution in [1.82, 2.24) is 20.4 Å². The van der Waals surface area contributed by atoms with Gasteiger partial charge < -0.3 is 14.3 Å². The number of fused-ring (bicyclic) bond motifs is 1. The van der Waals surface area contributed by atoms with Crippen molar-refractivity contribution in [3.8, 4) is 11.6 Å². The van der Waals surface area contributed by atoms with Crippen molar-refractivity contribution < 1.29 is 8.94 Å². The van der Waals surface area contributed by atoms with E-state index in [-0.39, 0.29) is 5.54 Å². The summed E-state index contributed by atoms with van der Waals surface area (Å²) in [7, 11) is 0. The van der Waals surface area contributed by atoms with E-state index < -0.39 is 0 Å². The molecule has 0 amide bonds. The maximum Gasteiger partial charge on any atom is 0.241 e. The molecule has 2 aliphatic heterocycles. The van der Waals surface area contributed by atoms with Crippen LogP contribution in [-0.4, -0.2) is 40.2 Å². The lowest BCUT2D eigenvalue weighted by atomic mass is 9.85. The quantitative estimate of drug-likeness (QED) is 0.928. The molecule has 0 bridgehead atoms. The van der Waals surface area contributed by atoms with Gasteiger partial charge in [-0.25, -0.2) is 0 Å². The van der Waals surface area contributed by atoms with Crippen molar-refractivity contribution in [2.45, 2.75) is 25.9 Å². The summed E-state index contributed by atoms with van der Waals surface area (Å²) >= 11 is 0. The van der Waals surface area contributed by atoms with Gasteiger partial charge in [0.1, 0.15) is 0 Å². The van der Waals surface area contributed by atoms with Crippen LogP contribution in [0.1, 0.15) is 19.7 Å². The summed E-state index contributed by atoms with van der Waals surface area (Å²) in [4.78, 5) is 6.91. The molecule has 0 spiro atoms. The van der Waals surface area contributed by atoms with E-state index in [1.807, 2.05) is 12.1 Å². The number of hydrogen-bond donors (Lipinski definition) is 1. The highest BCUT2D eigenvalue weighted by Gasteiger charge is 2.49. The zero-order valence-electron chi connectivity index (χ0n) is 12.4. The third-order valence-electron chi connectivity index (χ3n) is 5.05. The van der Waals surface area contributed by atoms with Gasteiger partial charge in [-0.15, -0.1) is 0 Å². The number of hydrogen-bond acceptors (Lipinski definition) is 6. The topological polar surface area (TPSA) is 67.3 Å². The van der Waals surface area contributed by atoms with Gasteiger partial charge >= 0.3 is 0 Å². The molecule has 6 nitrogen and oxygen atoms in total. The van der Waals surface area contributed by atoms with E-state index in [1.165, 1.54) is 0 Å². The monoisotopic (exact) mass is 288 g/mol. The van der Waals surface area contributed by atoms with Gasteiger partial charge in [0.15, 0.2) is 5.76 Å². The van der Waals surface area contributed by atoms with Crippen LogP contribution in [0, 0.1) is 11.8 Å². The smallest absolute Gasteiger partial charge is 0.241 e. The van der Waals surface area contributed by atoms with Crippen LogP contribution in [0.25, 0.3) is 11.6 Å². The van der Waals surface area contributed by atoms with Crippen LogP contribution in [-0.2, 0) is 6.54 Å². The highest BCUT2D eigenvalue weighted by atomic mass is 16.5. The highest BCUT2D eigenvalue weighted by molar-refractivity contribution is 5.44. The number of nitrogens with zero attached hydrogens (tertiary/aromatic N) is 3. The minimum absolute atomic E-state index is 0.160. The molecule has 112 valence electrons. The molecule has 2 aromatic rings. The van der Waals surface area contributed by atoms with Crippen LogP contribution in [0.5, 0.6) is 0 Å². The van der Waals surface area contributed by atoms with Crippen LogP contribution >= 0.6 is 0 Å². The molecule has 2 saturated heterocycles. The molecule has 2 atom stereocenters. The Hall–Kier alpha value is -1.66. The Morgan fingerprint density at radius 3 is 3.10 bits per heavy atom. The summed E-state index contributed by atoms with van der Waals surface area (Å²) in [6.45, 7) is 8.64. The zero-order chi connectivity index (χ0) is 14.4. The Labute approximate surface area is 123 Å². The minimum Gasteiger partial charge on any atom is -0.461 e. The molecular formula is C15H20N4O2. The second-order valence-corrected chi connectivity index (χ2v) is 6.55. The molecule has 6 heteroatoms. The molecule has 0 radical (unpaired) electrons. The first kappa shape index (κ1) is 13.0. The number of rotatable bonds is 3. The van der Waals surface area contributed by atoms with E-state index >= 15 is 0 Å². The molecule has 4 rings (SSSR count). The average Bonchev–Trinajstić information content (AvgIpc) is 3.20. The number of nitrogens with one attached hydrogen (secondary N) is 1. The first-order valence-electron chi connectivity index (χ1n) is 7.47. The molecule has 1 N–H and O–H groups in total. The van der Waals surface area contributed by atoms with Crippen molar-refractivity contribution >= 4 is 0 Å². The lowest BCUT2D eigenvalue weighted by Gasteiger charge is -2.34. The molecule has 0 aliphatic carbocycles. The molecule has 21 heavy (non-hydrogen) atoms. The Kier molecular flexibility index (Phi) is 2.90. The standard InChI is InChI=1S/C15H20N4O2/c1-15(2)11-7-16-6-10(11)8-19(15)9-13-17-14(18-21-13)12-4-3-5-20-12/h3-5,10-11,16H,6-9H2,1-2H3. The van der Waals surface area contributed by atoms with E-state index in [0.29, 0.717) is 29.9 Å². The van der Waals surface area contributed by atoms with Gasteiger partial charge in [0, 0.05) is 18.6 Å². The van der Waals surface area contributed by atoms with Gasteiger partial charge in [-0.05, 0) is 44.4 Å². The van der Waals surface area contributed by atoms with Crippen LogP contribution in [0.4, 0.5) is 0 Å². The van der Waals surface area contributed by atoms with Crippen LogP contribution in [0.15, 0.2) is 27.3 Å². The van der Waals surface area contributed by atoms with Crippen LogP contribution in [0.3, 0.4) is 0 Å². The average molecular weight is 288 g/mol. The molecule has 4 heterocycles. The molecular weight excluding hydrogens is 268 g/mol. The normalized spacial score (nSPS) is 28.1. The third kappa shape index (κ3) is 2.10. The zero-order valence-corrected chi connectivity index (χ0v) is 12.4. The summed E-state index contributed by atoms with van der Waals surface area (Å²) in [5, 5.41) is 7.50. The van der Waals surface area contributed by atoms with Gasteiger partial charge in [-0.1, -0.05) is 5.16 Å². The molecule has 2 aromatic heterocycles. The van der Waals surface area contributed by atoms with Gasteiger partial charge in [-0.2, -0.15) is 4.98 Å². The second kappa shape index (κ2) is 4.68. The van der Waals surface area contributed by atoms with Gasteiger partial charge in [0.2, 0.25) is 11.7 Å². The third-order valence-corrected chi connectivity index (χ3v) is 5.05. The number of furan rings is 1. The maximum absolute atomic E-state index is 5.39. The minimum atomic E-state index is 0.160. The van der Waals surface area contributed by atoms with E-state index in [1.54, 1.807) is 6.26 Å². The molecule has 0 saturated carbocycles. The fraction of sp³-hybridized carbons (Fsp3) is 0.600. The van der Waals surface area contributed by atoms with E-state index in [4.69, 9.17) is 8.94 Å². The molecule has 2 aliphatic rings. The summed E-state index contributed by atoms with van der Waals surface area (Å²) in [5.41, 5.74) is 0.160. The lowest BCUT2D eigenvalue weighted by Crippen LogP contribution is -2.43. The molecule has 2 unspecified atom stereocenters. The summed E-state index contributed by atoms with van der Waals surface area (Å²) in [6.07, 6.45) is 1.61. The molecule has 2 fully saturated rings. The Morgan fingerprint density at radius 2 is 2.33 bits per heavy atom. The largest absolute Gasteiger partial charge is 0.461 e. The van der Waals surface area contributed by atoms with Crippen LogP contribution in [0.2, 0.25) is 0 Å². The first-order chi connectivity index (χ1) is 10.1. The van der Waals surface area contributed by atoms with Gasteiger partial charge in [0.05, 0.1) is 12.8 Å². The highest BCUT2D eigenvalue weighted by Crippen LogP contribution is 2.41. The van der Waals surface area contributed by atoms with Crippen molar-refractivity contribution in [1.29, 1.82) is 0 Å². The fourth-order valence-electron chi connectivity index (χ4n) is 3.76. The maximum atomic E-state index is 5.39. The predicted molar refractivity (Wildman–Crippen MR) is 76.3 cm³/mol. The first-order valence-corrected chi connectivity index (χ1v) is 7.47. The summed E-state index contributed by atoms with van der Waals surface area (Å²) in [5.74, 6) is 3.25. The predicted octanol–water partition coefficient (Wildman–Crippen LogP) is 1.76. The van der Waals surface area contributed by atoms with Crippen molar-refractivity contribution in [2.75, 3.05) is 19.6 Å². The van der Waals surface area contributed by atoms with E-state index in [2.05, 4.69) is 34.2 Å². The summed E-state index contributed by atoms with van der Waals surface area (Å²) < 4.78 is 10.7. The summed E-state index contributed by atoms with van der Waals surface area (Å²) in [6, 6.07) is 3.66. The number of likely N-dealkylation sites (tertiary alicyclic amines) is 1. The second-order valence-electron chi connectivity index (χ2n) is 6.55. The SMILES string of the molecule is CC1(C)C2CNCC2CN1Cc1nc(-c2ccco2)no1. The van der Waals surface area contributed by atoms with Crippen molar-refractivity contribution in [2.24, 2.45) is 11.8 Å². The Balaban J connectivity index is 1.52. The molecule has 0 aromatic carbocycles. The lowest BCUT2D eigenvalue weighted by molar-refractivity contribution is 0.117. The Morgan fingerprint density at radius 1 is 1.43 bits per heavy atom. The van der Waals surface area contributed by atoms with Crippen molar-refractivity contribution in [3.05, 3.63) is 24.3 Å². The van der Waals surface area contributed by atoms with Crippen LogP contribution < -0.4 is 5.32 Å². The van der Waals surface area contributed by atoms with Gasteiger partial charge in [0.25, 0.3) is 0 Å². The van der Waals surface area contributed by atoms with E-state index in [0.717, 1.165) is 25.6 Å². The fourth-order valence-corrected chi connectivity index (χ4v) is 3.76.